The van der Waals surface area contributed by atoms with Crippen LogP contribution < -0.4 is 5.32 Å². The molecule has 0 bridgehead atoms. The zero-order chi connectivity index (χ0) is 17.5. The highest BCUT2D eigenvalue weighted by Crippen LogP contribution is 2.13. The van der Waals surface area contributed by atoms with Gasteiger partial charge in [-0.05, 0) is 32.4 Å². The largest absolute Gasteiger partial charge is 0.377 e. The van der Waals surface area contributed by atoms with E-state index in [0.29, 0.717) is 6.04 Å². The molecule has 2 heteroatoms. The summed E-state index contributed by atoms with van der Waals surface area (Å²) >= 11 is 0. The van der Waals surface area contributed by atoms with Gasteiger partial charge in [0.15, 0.2) is 0 Å². The Hall–Kier alpha value is -2.09. The third-order valence-corrected chi connectivity index (χ3v) is 3.12. The first-order valence-corrected chi connectivity index (χ1v) is 8.47. The summed E-state index contributed by atoms with van der Waals surface area (Å²) < 4.78 is 0. The fourth-order valence-corrected chi connectivity index (χ4v) is 1.91. The van der Waals surface area contributed by atoms with Crippen LogP contribution in [0, 0.1) is 6.92 Å². The van der Waals surface area contributed by atoms with Crippen LogP contribution in [0.5, 0.6) is 0 Å². The van der Waals surface area contributed by atoms with Crippen LogP contribution in [0.25, 0.3) is 0 Å². The summed E-state index contributed by atoms with van der Waals surface area (Å²) in [5, 5.41) is 3.42. The van der Waals surface area contributed by atoms with E-state index in [1.165, 1.54) is 11.1 Å². The Kier molecular flexibility index (Phi) is 12.3. The molecule has 126 valence electrons. The minimum atomic E-state index is 0.365. The number of rotatable bonds is 5. The highest BCUT2D eigenvalue weighted by Gasteiger charge is 2.07. The molecule has 2 nitrogen and oxygen atoms in total. The quantitative estimate of drug-likeness (QED) is 0.659. The predicted octanol–water partition coefficient (Wildman–Crippen LogP) is 6.26. The van der Waals surface area contributed by atoms with Crippen LogP contribution in [0.15, 0.2) is 67.0 Å². The molecule has 0 aliphatic carbocycles. The van der Waals surface area contributed by atoms with Crippen molar-refractivity contribution in [3.8, 4) is 0 Å². The lowest BCUT2D eigenvalue weighted by molar-refractivity contribution is 0.711. The lowest BCUT2D eigenvalue weighted by atomic mass is 10.1. The summed E-state index contributed by atoms with van der Waals surface area (Å²) in [6.07, 6.45) is 5.89. The maximum absolute atomic E-state index is 4.07. The number of hydrogen-bond acceptors (Lipinski definition) is 2. The summed E-state index contributed by atoms with van der Waals surface area (Å²) in [5.74, 6) is 0. The van der Waals surface area contributed by atoms with E-state index in [0.717, 1.165) is 18.5 Å². The van der Waals surface area contributed by atoms with Gasteiger partial charge in [0.1, 0.15) is 0 Å². The Morgan fingerprint density at radius 2 is 1.78 bits per heavy atom. The van der Waals surface area contributed by atoms with Gasteiger partial charge >= 0.3 is 0 Å². The van der Waals surface area contributed by atoms with Gasteiger partial charge < -0.3 is 5.32 Å². The van der Waals surface area contributed by atoms with Crippen molar-refractivity contribution in [1.82, 2.24) is 4.98 Å². The van der Waals surface area contributed by atoms with Crippen molar-refractivity contribution in [2.24, 2.45) is 0 Å². The number of aryl methyl sites for hydroxylation is 1. The highest BCUT2D eigenvalue weighted by atomic mass is 14.9. The first-order valence-electron chi connectivity index (χ1n) is 8.47. The molecule has 1 unspecified atom stereocenters. The normalized spacial score (nSPS) is 10.3. The Bertz CT molecular complexity index is 506. The van der Waals surface area contributed by atoms with Crippen molar-refractivity contribution in [3.63, 3.8) is 0 Å². The van der Waals surface area contributed by atoms with E-state index in [9.17, 15) is 0 Å². The van der Waals surface area contributed by atoms with Gasteiger partial charge in [0.25, 0.3) is 0 Å². The van der Waals surface area contributed by atoms with Gasteiger partial charge in [-0.3, -0.25) is 4.98 Å². The van der Waals surface area contributed by atoms with Crippen LogP contribution in [0.3, 0.4) is 0 Å². The standard InChI is InChI=1S/C12H18N2.C7H8.C2H6/c1-4-6-12(10(2)3)14-11-7-5-8-13-9-11;1-7-5-3-2-4-6-7;1-2/h5,7-9,12,14H,2,4,6H2,1,3H3;2-6H,1H3;1-2H3. The van der Waals surface area contributed by atoms with Crippen LogP contribution in [0.4, 0.5) is 5.69 Å². The second kappa shape index (κ2) is 13.6. The van der Waals surface area contributed by atoms with Gasteiger partial charge in [-0.25, -0.2) is 0 Å². The molecule has 0 fully saturated rings. The molecule has 1 aromatic heterocycles. The molecule has 1 N–H and O–H groups in total. The summed E-state index contributed by atoms with van der Waals surface area (Å²) in [7, 11) is 0. The van der Waals surface area contributed by atoms with E-state index in [1.807, 2.05) is 50.4 Å². The molecule has 0 radical (unpaired) electrons. The lowest BCUT2D eigenvalue weighted by Gasteiger charge is -2.19. The average molecular weight is 313 g/mol. The third kappa shape index (κ3) is 10.3. The molecule has 1 atom stereocenters. The monoisotopic (exact) mass is 312 g/mol. The first-order chi connectivity index (χ1) is 11.1. The maximum Gasteiger partial charge on any atom is 0.0531 e. The molecule has 0 saturated carbocycles. The third-order valence-electron chi connectivity index (χ3n) is 3.12. The van der Waals surface area contributed by atoms with E-state index in [-0.39, 0.29) is 0 Å². The molecule has 0 aliphatic rings. The van der Waals surface area contributed by atoms with Gasteiger partial charge in [0, 0.05) is 18.4 Å². The Morgan fingerprint density at radius 3 is 2.17 bits per heavy atom. The molecule has 0 aliphatic heterocycles. The van der Waals surface area contributed by atoms with Crippen LogP contribution >= 0.6 is 0 Å². The van der Waals surface area contributed by atoms with Crippen molar-refractivity contribution < 1.29 is 0 Å². The fraction of sp³-hybridized carbons (Fsp3) is 0.381. The van der Waals surface area contributed by atoms with Crippen molar-refractivity contribution in [2.75, 3.05) is 5.32 Å². The molecule has 2 rings (SSSR count). The van der Waals surface area contributed by atoms with Crippen LogP contribution in [0.1, 0.15) is 46.1 Å². The molecule has 23 heavy (non-hydrogen) atoms. The van der Waals surface area contributed by atoms with Gasteiger partial charge in [-0.2, -0.15) is 0 Å². The molecular weight excluding hydrogens is 280 g/mol. The van der Waals surface area contributed by atoms with Crippen molar-refractivity contribution >= 4 is 5.69 Å². The number of pyridine rings is 1. The van der Waals surface area contributed by atoms with Gasteiger partial charge in [0.05, 0.1) is 5.69 Å². The fourth-order valence-electron chi connectivity index (χ4n) is 1.91. The zero-order valence-electron chi connectivity index (χ0n) is 15.3. The van der Waals surface area contributed by atoms with Crippen molar-refractivity contribution in [1.29, 1.82) is 0 Å². The first kappa shape index (κ1) is 20.9. The van der Waals surface area contributed by atoms with E-state index in [1.54, 1.807) is 6.20 Å². The number of benzene rings is 1. The van der Waals surface area contributed by atoms with Crippen LogP contribution in [0.2, 0.25) is 0 Å². The second-order valence-electron chi connectivity index (χ2n) is 5.23. The molecule has 1 heterocycles. The van der Waals surface area contributed by atoms with Gasteiger partial charge in [0.2, 0.25) is 0 Å². The summed E-state index contributed by atoms with van der Waals surface area (Å²) in [6, 6.07) is 14.6. The van der Waals surface area contributed by atoms with E-state index >= 15 is 0 Å². The van der Waals surface area contributed by atoms with Crippen molar-refractivity contribution in [2.45, 2.75) is 53.5 Å². The summed E-state index contributed by atoms with van der Waals surface area (Å²) in [5.41, 5.74) is 3.56. The van der Waals surface area contributed by atoms with E-state index in [4.69, 9.17) is 0 Å². The average Bonchev–Trinajstić information content (AvgIpc) is 2.58. The van der Waals surface area contributed by atoms with Crippen LogP contribution in [-0.2, 0) is 0 Å². The predicted molar refractivity (Wildman–Crippen MR) is 104 cm³/mol. The maximum atomic E-state index is 4.07. The molecule has 2 aromatic rings. The number of anilines is 1. The number of aromatic nitrogens is 1. The SMILES string of the molecule is C=C(C)C(CCC)Nc1cccnc1.CC.Cc1ccccc1. The Balaban J connectivity index is 0.000000449. The van der Waals surface area contributed by atoms with Gasteiger partial charge in [-0.15, -0.1) is 0 Å². The van der Waals surface area contributed by atoms with E-state index < -0.39 is 0 Å². The molecule has 0 spiro atoms. The van der Waals surface area contributed by atoms with Crippen molar-refractivity contribution in [3.05, 3.63) is 72.6 Å². The minimum Gasteiger partial charge on any atom is -0.377 e. The topological polar surface area (TPSA) is 24.9 Å². The highest BCUT2D eigenvalue weighted by molar-refractivity contribution is 5.42. The molecule has 0 saturated heterocycles. The number of nitrogens with zero attached hydrogens (tertiary/aromatic N) is 1. The number of hydrogen-bond donors (Lipinski definition) is 1. The second-order valence-corrected chi connectivity index (χ2v) is 5.23. The summed E-state index contributed by atoms with van der Waals surface area (Å²) in [6.45, 7) is 14.3. The molecular formula is C21H32N2. The Labute approximate surface area is 142 Å². The zero-order valence-corrected chi connectivity index (χ0v) is 15.3. The van der Waals surface area contributed by atoms with E-state index in [2.05, 4.69) is 49.8 Å². The van der Waals surface area contributed by atoms with Crippen LogP contribution in [-0.4, -0.2) is 11.0 Å². The Morgan fingerprint density at radius 1 is 1.13 bits per heavy atom. The lowest BCUT2D eigenvalue weighted by Crippen LogP contribution is -2.20. The summed E-state index contributed by atoms with van der Waals surface area (Å²) in [4.78, 5) is 4.07. The smallest absolute Gasteiger partial charge is 0.0531 e. The molecule has 1 aromatic carbocycles. The minimum absolute atomic E-state index is 0.365. The number of nitrogens with one attached hydrogen (secondary N) is 1. The molecule has 0 amide bonds. The van der Waals surface area contributed by atoms with Gasteiger partial charge in [-0.1, -0.05) is 75.2 Å².